The molecule has 2 nitrogen and oxygen atoms in total. The molecule has 3 fully saturated rings. The van der Waals surface area contributed by atoms with Crippen LogP contribution in [-0.2, 0) is 4.74 Å². The minimum atomic E-state index is 0.576. The van der Waals surface area contributed by atoms with Crippen molar-refractivity contribution in [3.63, 3.8) is 0 Å². The molecule has 0 radical (unpaired) electrons. The quantitative estimate of drug-likeness (QED) is 0.773. The summed E-state index contributed by atoms with van der Waals surface area (Å²) in [5, 5.41) is 3.55. The van der Waals surface area contributed by atoms with E-state index in [2.05, 4.69) is 12.4 Å². The summed E-state index contributed by atoms with van der Waals surface area (Å²) >= 11 is 0. The maximum Gasteiger partial charge on any atom is 0.0576 e. The Balaban J connectivity index is 1.43. The van der Waals surface area contributed by atoms with Crippen LogP contribution in [0.3, 0.4) is 0 Å². The van der Waals surface area contributed by atoms with Crippen molar-refractivity contribution in [2.75, 3.05) is 13.7 Å². The van der Waals surface area contributed by atoms with Gasteiger partial charge in [0.25, 0.3) is 0 Å². The van der Waals surface area contributed by atoms with E-state index in [1.54, 1.807) is 6.42 Å². The molecule has 4 atom stereocenters. The Morgan fingerprint density at radius 1 is 1.25 bits per heavy atom. The fraction of sp³-hybridized carbons (Fsp3) is 1.00. The van der Waals surface area contributed by atoms with E-state index < -0.39 is 0 Å². The van der Waals surface area contributed by atoms with Gasteiger partial charge in [-0.2, -0.15) is 0 Å². The zero-order chi connectivity index (χ0) is 11.0. The second kappa shape index (κ2) is 4.66. The minimum absolute atomic E-state index is 0.576. The number of ether oxygens (including phenoxy) is 1. The lowest BCUT2D eigenvalue weighted by atomic mass is 9.90. The Morgan fingerprint density at radius 3 is 2.69 bits per heavy atom. The van der Waals surface area contributed by atoms with Crippen molar-refractivity contribution in [1.82, 2.24) is 5.32 Å². The molecule has 16 heavy (non-hydrogen) atoms. The zero-order valence-electron chi connectivity index (χ0n) is 10.5. The lowest BCUT2D eigenvalue weighted by Crippen LogP contribution is -2.33. The fourth-order valence-electron chi connectivity index (χ4n) is 3.94. The minimum Gasteiger partial charge on any atom is -0.378 e. The molecule has 0 bridgehead atoms. The van der Waals surface area contributed by atoms with Crippen molar-refractivity contribution in [3.8, 4) is 0 Å². The van der Waals surface area contributed by atoms with Crippen LogP contribution >= 0.6 is 0 Å². The average Bonchev–Trinajstić information content (AvgIpc) is 2.74. The van der Waals surface area contributed by atoms with Crippen molar-refractivity contribution in [2.24, 2.45) is 17.8 Å². The molecule has 3 aliphatic rings. The monoisotopic (exact) mass is 223 g/mol. The number of hydrogen-bond acceptors (Lipinski definition) is 2. The van der Waals surface area contributed by atoms with E-state index in [1.165, 1.54) is 38.5 Å². The molecule has 2 heteroatoms. The smallest absolute Gasteiger partial charge is 0.0576 e. The summed E-state index contributed by atoms with van der Waals surface area (Å²) in [7, 11) is 2.14. The summed E-state index contributed by atoms with van der Waals surface area (Å²) < 4.78 is 5.71. The first kappa shape index (κ1) is 11.0. The lowest BCUT2D eigenvalue weighted by molar-refractivity contribution is 0.0972. The Kier molecular flexibility index (Phi) is 3.21. The molecule has 0 aromatic heterocycles. The van der Waals surface area contributed by atoms with Crippen LogP contribution in [0.5, 0.6) is 0 Å². The Hall–Kier alpha value is -0.0800. The van der Waals surface area contributed by atoms with Gasteiger partial charge < -0.3 is 10.1 Å². The van der Waals surface area contributed by atoms with Gasteiger partial charge in [0.1, 0.15) is 0 Å². The molecular formula is C14H25NO. The Labute approximate surface area is 99.1 Å². The lowest BCUT2D eigenvalue weighted by Gasteiger charge is -2.25. The van der Waals surface area contributed by atoms with Gasteiger partial charge in [0.15, 0.2) is 0 Å². The third kappa shape index (κ3) is 2.28. The van der Waals surface area contributed by atoms with E-state index in [1.807, 2.05) is 0 Å². The second-order valence-electron chi connectivity index (χ2n) is 6.09. The molecule has 1 heterocycles. The van der Waals surface area contributed by atoms with Crippen LogP contribution in [0, 0.1) is 17.8 Å². The summed E-state index contributed by atoms with van der Waals surface area (Å²) in [6.45, 7) is 1.00. The van der Waals surface area contributed by atoms with E-state index in [-0.39, 0.29) is 0 Å². The van der Waals surface area contributed by atoms with Gasteiger partial charge in [0.05, 0.1) is 6.10 Å². The van der Waals surface area contributed by atoms with Gasteiger partial charge in [-0.1, -0.05) is 0 Å². The van der Waals surface area contributed by atoms with Gasteiger partial charge in [0, 0.05) is 12.6 Å². The molecule has 0 spiro atoms. The molecule has 92 valence electrons. The van der Waals surface area contributed by atoms with Crippen LogP contribution in [0.4, 0.5) is 0 Å². The van der Waals surface area contributed by atoms with Crippen LogP contribution in [0.25, 0.3) is 0 Å². The molecule has 4 unspecified atom stereocenters. The van der Waals surface area contributed by atoms with Crippen LogP contribution in [0.2, 0.25) is 0 Å². The largest absolute Gasteiger partial charge is 0.378 e. The van der Waals surface area contributed by atoms with Crippen molar-refractivity contribution in [1.29, 1.82) is 0 Å². The number of rotatable bonds is 5. The summed E-state index contributed by atoms with van der Waals surface area (Å²) in [5.41, 5.74) is 0. The van der Waals surface area contributed by atoms with E-state index >= 15 is 0 Å². The molecule has 0 amide bonds. The summed E-state index contributed by atoms with van der Waals surface area (Å²) in [6.07, 6.45) is 10.3. The van der Waals surface area contributed by atoms with E-state index in [9.17, 15) is 0 Å². The molecular weight excluding hydrogens is 198 g/mol. The van der Waals surface area contributed by atoms with E-state index in [4.69, 9.17) is 4.74 Å². The standard InChI is InChI=1S/C14H25NO/c1-15-14(5-4-13-3-2-6-16-13)12-8-10-7-11(10)9-12/h10-15H,2-9H2,1H3. The highest BCUT2D eigenvalue weighted by molar-refractivity contribution is 4.99. The highest BCUT2D eigenvalue weighted by atomic mass is 16.5. The van der Waals surface area contributed by atoms with Crippen LogP contribution in [0.1, 0.15) is 44.9 Å². The molecule has 0 aromatic rings. The first-order chi connectivity index (χ1) is 7.86. The Morgan fingerprint density at radius 2 is 2.06 bits per heavy atom. The molecule has 1 saturated heterocycles. The van der Waals surface area contributed by atoms with Crippen LogP contribution in [0.15, 0.2) is 0 Å². The van der Waals surface area contributed by atoms with Gasteiger partial charge in [-0.25, -0.2) is 0 Å². The summed E-state index contributed by atoms with van der Waals surface area (Å²) in [5.74, 6) is 3.20. The van der Waals surface area contributed by atoms with Gasteiger partial charge in [0.2, 0.25) is 0 Å². The van der Waals surface area contributed by atoms with Gasteiger partial charge in [-0.3, -0.25) is 0 Å². The second-order valence-corrected chi connectivity index (χ2v) is 6.09. The predicted octanol–water partition coefficient (Wildman–Crippen LogP) is 2.58. The van der Waals surface area contributed by atoms with Crippen molar-refractivity contribution in [2.45, 2.75) is 57.1 Å². The molecule has 0 aromatic carbocycles. The zero-order valence-corrected chi connectivity index (χ0v) is 10.5. The molecule has 2 saturated carbocycles. The van der Waals surface area contributed by atoms with Crippen molar-refractivity contribution >= 4 is 0 Å². The van der Waals surface area contributed by atoms with E-state index in [0.717, 1.165) is 30.4 Å². The number of hydrogen-bond donors (Lipinski definition) is 1. The first-order valence-corrected chi connectivity index (χ1v) is 7.15. The maximum atomic E-state index is 5.71. The third-order valence-electron chi connectivity index (χ3n) is 5.04. The highest BCUT2D eigenvalue weighted by Gasteiger charge is 2.47. The third-order valence-corrected chi connectivity index (χ3v) is 5.04. The highest BCUT2D eigenvalue weighted by Crippen LogP contribution is 2.55. The van der Waals surface area contributed by atoms with Crippen molar-refractivity contribution < 1.29 is 4.74 Å². The summed E-state index contributed by atoms with van der Waals surface area (Å²) in [6, 6.07) is 0.761. The predicted molar refractivity (Wildman–Crippen MR) is 65.4 cm³/mol. The molecule has 3 rings (SSSR count). The topological polar surface area (TPSA) is 21.3 Å². The van der Waals surface area contributed by atoms with Crippen molar-refractivity contribution in [3.05, 3.63) is 0 Å². The van der Waals surface area contributed by atoms with Gasteiger partial charge in [-0.05, 0) is 69.7 Å². The molecule has 1 N–H and O–H groups in total. The van der Waals surface area contributed by atoms with Crippen LogP contribution in [-0.4, -0.2) is 25.8 Å². The van der Waals surface area contributed by atoms with E-state index in [0.29, 0.717) is 6.10 Å². The molecule has 2 aliphatic carbocycles. The number of nitrogens with one attached hydrogen (secondary N) is 1. The average molecular weight is 223 g/mol. The van der Waals surface area contributed by atoms with Gasteiger partial charge >= 0.3 is 0 Å². The van der Waals surface area contributed by atoms with Gasteiger partial charge in [-0.15, -0.1) is 0 Å². The maximum absolute atomic E-state index is 5.71. The van der Waals surface area contributed by atoms with Crippen LogP contribution < -0.4 is 5.32 Å². The first-order valence-electron chi connectivity index (χ1n) is 7.15. The molecule has 1 aliphatic heterocycles. The Bertz CT molecular complexity index is 227. The number of fused-ring (bicyclic) bond motifs is 1. The fourth-order valence-corrected chi connectivity index (χ4v) is 3.94. The summed E-state index contributed by atoms with van der Waals surface area (Å²) in [4.78, 5) is 0. The normalized spacial score (nSPS) is 43.3. The SMILES string of the molecule is CNC(CCC1CCCO1)C1CC2CC2C1.